The standard InChI is InChI=1S/C15H16ClFN6/c1-23-9-10(8-20-23)21-14-19-6-5-15(18,22-14)7-11-12(16)3-2-4-13(11)17/h2-6,8-9H,7,18H2,1H3,(H2,19,21,22). The first-order chi connectivity index (χ1) is 11.0. The van der Waals surface area contributed by atoms with Gasteiger partial charge in [-0.25, -0.2) is 9.38 Å². The Labute approximate surface area is 137 Å². The number of halogens is 2. The van der Waals surface area contributed by atoms with Crippen LogP contribution in [-0.2, 0) is 13.5 Å². The van der Waals surface area contributed by atoms with E-state index in [0.717, 1.165) is 5.69 Å². The summed E-state index contributed by atoms with van der Waals surface area (Å²) in [5.41, 5.74) is 6.29. The smallest absolute Gasteiger partial charge is 0.202 e. The molecular formula is C15H16ClFN6. The number of benzene rings is 1. The van der Waals surface area contributed by atoms with E-state index in [-0.39, 0.29) is 6.42 Å². The number of hydrogen-bond donors (Lipinski definition) is 3. The van der Waals surface area contributed by atoms with Crippen LogP contribution in [0.15, 0.2) is 47.9 Å². The van der Waals surface area contributed by atoms with E-state index in [2.05, 4.69) is 20.7 Å². The Morgan fingerprint density at radius 2 is 2.30 bits per heavy atom. The third kappa shape index (κ3) is 3.52. The molecule has 0 fully saturated rings. The van der Waals surface area contributed by atoms with E-state index in [9.17, 15) is 4.39 Å². The third-order valence-corrected chi connectivity index (χ3v) is 3.76. The zero-order chi connectivity index (χ0) is 16.4. The predicted octanol–water partition coefficient (Wildman–Crippen LogP) is 2.00. The molecule has 2 heterocycles. The molecule has 4 N–H and O–H groups in total. The van der Waals surface area contributed by atoms with Crippen LogP contribution in [-0.4, -0.2) is 21.4 Å². The Bertz CT molecular complexity index is 764. The highest BCUT2D eigenvalue weighted by atomic mass is 35.5. The lowest BCUT2D eigenvalue weighted by atomic mass is 9.99. The molecule has 0 saturated heterocycles. The maximum absolute atomic E-state index is 14.0. The van der Waals surface area contributed by atoms with Crippen LogP contribution in [0.1, 0.15) is 5.56 Å². The molecule has 6 nitrogen and oxygen atoms in total. The first-order valence-electron chi connectivity index (χ1n) is 6.97. The van der Waals surface area contributed by atoms with Crippen LogP contribution in [0.4, 0.5) is 10.1 Å². The zero-order valence-electron chi connectivity index (χ0n) is 12.4. The van der Waals surface area contributed by atoms with Crippen molar-refractivity contribution in [3.63, 3.8) is 0 Å². The van der Waals surface area contributed by atoms with E-state index < -0.39 is 11.5 Å². The molecule has 23 heavy (non-hydrogen) atoms. The predicted molar refractivity (Wildman–Crippen MR) is 88.6 cm³/mol. The minimum absolute atomic E-state index is 0.148. The molecule has 3 rings (SSSR count). The summed E-state index contributed by atoms with van der Waals surface area (Å²) in [5, 5.41) is 10.4. The number of rotatable bonds is 3. The molecule has 1 atom stereocenters. The van der Waals surface area contributed by atoms with Gasteiger partial charge in [0.05, 0.1) is 11.9 Å². The second-order valence-electron chi connectivity index (χ2n) is 5.33. The molecule has 2 aromatic rings. The topological polar surface area (TPSA) is 80.3 Å². The number of nitrogens with zero attached hydrogens (tertiary/aromatic N) is 3. The number of anilines is 1. The summed E-state index contributed by atoms with van der Waals surface area (Å²) in [7, 11) is 1.81. The number of nitrogens with two attached hydrogens (primary N) is 1. The van der Waals surface area contributed by atoms with Crippen LogP contribution in [0.3, 0.4) is 0 Å². The lowest BCUT2D eigenvalue weighted by Crippen LogP contribution is -2.45. The average molecular weight is 335 g/mol. The van der Waals surface area contributed by atoms with Crippen molar-refractivity contribution >= 4 is 23.2 Å². The SMILES string of the molecule is Cn1cc(NC2=NC(N)(Cc3c(F)cccc3Cl)C=CN2)cn1. The molecule has 0 spiro atoms. The summed E-state index contributed by atoms with van der Waals surface area (Å²) in [6.45, 7) is 0. The first kappa shape index (κ1) is 15.5. The summed E-state index contributed by atoms with van der Waals surface area (Å²) in [5.74, 6) is 0.0571. The number of nitrogens with one attached hydrogen (secondary N) is 2. The van der Waals surface area contributed by atoms with Crippen molar-refractivity contribution in [1.82, 2.24) is 15.1 Å². The zero-order valence-corrected chi connectivity index (χ0v) is 13.2. The van der Waals surface area contributed by atoms with E-state index in [1.165, 1.54) is 6.07 Å². The van der Waals surface area contributed by atoms with Gasteiger partial charge in [-0.1, -0.05) is 17.7 Å². The van der Waals surface area contributed by atoms with Crippen molar-refractivity contribution in [3.8, 4) is 0 Å². The van der Waals surface area contributed by atoms with Crippen LogP contribution in [0, 0.1) is 5.82 Å². The molecule has 0 radical (unpaired) electrons. The van der Waals surface area contributed by atoms with Gasteiger partial charge < -0.3 is 16.4 Å². The Hall–Kier alpha value is -2.38. The summed E-state index contributed by atoms with van der Waals surface area (Å²) in [6, 6.07) is 4.54. The van der Waals surface area contributed by atoms with Gasteiger partial charge >= 0.3 is 0 Å². The van der Waals surface area contributed by atoms with Crippen LogP contribution in [0.5, 0.6) is 0 Å². The van der Waals surface area contributed by atoms with E-state index in [0.29, 0.717) is 16.5 Å². The molecule has 1 aromatic carbocycles. The summed E-state index contributed by atoms with van der Waals surface area (Å²) >= 11 is 6.07. The minimum Gasteiger partial charge on any atom is -0.333 e. The third-order valence-electron chi connectivity index (χ3n) is 3.40. The Morgan fingerprint density at radius 3 is 3.00 bits per heavy atom. The van der Waals surface area contributed by atoms with Crippen LogP contribution in [0.2, 0.25) is 5.02 Å². The molecule has 1 aromatic heterocycles. The van der Waals surface area contributed by atoms with Gasteiger partial charge in [0.15, 0.2) is 0 Å². The largest absolute Gasteiger partial charge is 0.333 e. The fraction of sp³-hybridized carbons (Fsp3) is 0.200. The van der Waals surface area contributed by atoms with E-state index in [4.69, 9.17) is 17.3 Å². The van der Waals surface area contributed by atoms with Gasteiger partial charge in [0.25, 0.3) is 0 Å². The molecule has 1 aliphatic rings. The summed E-state index contributed by atoms with van der Waals surface area (Å²) in [6.07, 6.45) is 6.95. The van der Waals surface area contributed by atoms with Gasteiger partial charge in [-0.2, -0.15) is 5.10 Å². The maximum Gasteiger partial charge on any atom is 0.202 e. The van der Waals surface area contributed by atoms with Crippen LogP contribution < -0.4 is 16.4 Å². The fourth-order valence-corrected chi connectivity index (χ4v) is 2.54. The average Bonchev–Trinajstić information content (AvgIpc) is 2.88. The second kappa shape index (κ2) is 6.02. The highest BCUT2D eigenvalue weighted by molar-refractivity contribution is 6.31. The fourth-order valence-electron chi connectivity index (χ4n) is 2.31. The number of aliphatic imine (C=N–C) groups is 1. The normalized spacial score (nSPS) is 20.1. The lowest BCUT2D eigenvalue weighted by molar-refractivity contribution is 0.518. The van der Waals surface area contributed by atoms with E-state index in [1.807, 2.05) is 7.05 Å². The molecule has 8 heteroatoms. The van der Waals surface area contributed by atoms with Gasteiger partial charge in [0, 0.05) is 36.5 Å². The van der Waals surface area contributed by atoms with Crippen molar-refractivity contribution in [2.45, 2.75) is 12.1 Å². The van der Waals surface area contributed by atoms with Crippen molar-refractivity contribution in [2.75, 3.05) is 5.32 Å². The van der Waals surface area contributed by atoms with Gasteiger partial charge in [-0.05, 0) is 18.2 Å². The lowest BCUT2D eigenvalue weighted by Gasteiger charge is -2.27. The van der Waals surface area contributed by atoms with E-state index >= 15 is 0 Å². The van der Waals surface area contributed by atoms with Crippen LogP contribution in [0.25, 0.3) is 0 Å². The molecule has 1 aliphatic heterocycles. The van der Waals surface area contributed by atoms with Crippen molar-refractivity contribution < 1.29 is 4.39 Å². The molecule has 120 valence electrons. The highest BCUT2D eigenvalue weighted by Gasteiger charge is 2.27. The Kier molecular flexibility index (Phi) is 4.06. The number of hydrogen-bond acceptors (Lipinski definition) is 5. The van der Waals surface area contributed by atoms with Gasteiger partial charge in [-0.3, -0.25) is 4.68 Å². The van der Waals surface area contributed by atoms with Gasteiger partial charge in [0.1, 0.15) is 11.5 Å². The minimum atomic E-state index is -1.10. The monoisotopic (exact) mass is 334 g/mol. The Balaban J connectivity index is 1.82. The summed E-state index contributed by atoms with van der Waals surface area (Å²) < 4.78 is 15.6. The molecule has 0 aliphatic carbocycles. The Morgan fingerprint density at radius 1 is 1.48 bits per heavy atom. The molecule has 0 bridgehead atoms. The molecular weight excluding hydrogens is 319 g/mol. The van der Waals surface area contributed by atoms with Gasteiger partial charge in [-0.15, -0.1) is 0 Å². The second-order valence-corrected chi connectivity index (χ2v) is 5.74. The van der Waals surface area contributed by atoms with Crippen molar-refractivity contribution in [2.24, 2.45) is 17.8 Å². The number of aromatic nitrogens is 2. The molecule has 0 saturated carbocycles. The molecule has 1 unspecified atom stereocenters. The van der Waals surface area contributed by atoms with Crippen molar-refractivity contribution in [1.29, 1.82) is 0 Å². The summed E-state index contributed by atoms with van der Waals surface area (Å²) in [4.78, 5) is 4.42. The van der Waals surface area contributed by atoms with E-state index in [1.54, 1.807) is 41.5 Å². The maximum atomic E-state index is 14.0. The first-order valence-corrected chi connectivity index (χ1v) is 7.34. The highest BCUT2D eigenvalue weighted by Crippen LogP contribution is 2.25. The molecule has 0 amide bonds. The van der Waals surface area contributed by atoms with Crippen LogP contribution >= 0.6 is 11.6 Å². The van der Waals surface area contributed by atoms with Gasteiger partial charge in [0.2, 0.25) is 5.96 Å². The number of aryl methyl sites for hydroxylation is 1. The quantitative estimate of drug-likeness (QED) is 0.802. The number of guanidine groups is 1. The van der Waals surface area contributed by atoms with Crippen molar-refractivity contribution in [3.05, 3.63) is 59.3 Å².